The largest absolute Gasteiger partial charge is 0.345 e. The molecule has 1 aliphatic heterocycles. The van der Waals surface area contributed by atoms with Gasteiger partial charge in [-0.25, -0.2) is 0 Å². The van der Waals surface area contributed by atoms with E-state index < -0.39 is 0 Å². The summed E-state index contributed by atoms with van der Waals surface area (Å²) < 4.78 is 1.90. The molecule has 0 atom stereocenters. The van der Waals surface area contributed by atoms with E-state index in [0.29, 0.717) is 23.1 Å². The van der Waals surface area contributed by atoms with Crippen LogP contribution in [0.15, 0.2) is 102 Å². The van der Waals surface area contributed by atoms with Gasteiger partial charge in [-0.3, -0.25) is 14.2 Å². The Balaban J connectivity index is 1.21. The molecule has 2 heterocycles. The average molecular weight is 520 g/mol. The Labute approximate surface area is 224 Å². The van der Waals surface area contributed by atoms with Crippen LogP contribution in [-0.4, -0.2) is 38.9 Å². The monoisotopic (exact) mass is 519 g/mol. The maximum Gasteiger partial charge on any atom is 0.252 e. The van der Waals surface area contributed by atoms with E-state index in [2.05, 4.69) is 21.6 Å². The van der Waals surface area contributed by atoms with E-state index in [0.717, 1.165) is 28.6 Å². The van der Waals surface area contributed by atoms with E-state index in [4.69, 9.17) is 0 Å². The van der Waals surface area contributed by atoms with Gasteiger partial charge in [0, 0.05) is 23.5 Å². The third-order valence-electron chi connectivity index (χ3n) is 6.67. The van der Waals surface area contributed by atoms with Gasteiger partial charge in [0.25, 0.3) is 5.91 Å². The van der Waals surface area contributed by atoms with Crippen molar-refractivity contribution in [2.45, 2.75) is 18.1 Å². The van der Waals surface area contributed by atoms with Crippen molar-refractivity contribution in [3.63, 3.8) is 0 Å². The highest BCUT2D eigenvalue weighted by molar-refractivity contribution is 7.99. The van der Waals surface area contributed by atoms with E-state index >= 15 is 0 Å². The number of amides is 2. The Morgan fingerprint density at radius 3 is 2.50 bits per heavy atom. The Morgan fingerprint density at radius 2 is 1.61 bits per heavy atom. The average Bonchev–Trinajstić information content (AvgIpc) is 3.59. The Kier molecular flexibility index (Phi) is 6.62. The van der Waals surface area contributed by atoms with Crippen LogP contribution in [0.5, 0.6) is 0 Å². The Morgan fingerprint density at radius 1 is 0.842 bits per heavy atom. The molecule has 1 aliphatic rings. The first-order chi connectivity index (χ1) is 18.7. The fraction of sp³-hybridized carbons (Fsp3) is 0.133. The summed E-state index contributed by atoms with van der Waals surface area (Å²) in [5.41, 5.74) is 3.66. The molecule has 8 heteroatoms. The molecular formula is C30H25N5O2S. The lowest BCUT2D eigenvalue weighted by molar-refractivity contribution is -0.116. The minimum absolute atomic E-state index is 0.0355. The van der Waals surface area contributed by atoms with Gasteiger partial charge in [0.1, 0.15) is 0 Å². The van der Waals surface area contributed by atoms with Crippen LogP contribution in [0.2, 0.25) is 0 Å². The van der Waals surface area contributed by atoms with Gasteiger partial charge in [-0.1, -0.05) is 84.6 Å². The third-order valence-corrected chi connectivity index (χ3v) is 7.58. The molecule has 188 valence electrons. The van der Waals surface area contributed by atoms with Crippen LogP contribution in [0, 0.1) is 0 Å². The number of carbonyl (C=O) groups is 2. The van der Waals surface area contributed by atoms with Crippen LogP contribution in [0.3, 0.4) is 0 Å². The second-order valence-corrected chi connectivity index (χ2v) is 9.93. The summed E-state index contributed by atoms with van der Waals surface area (Å²) in [5.74, 6) is 0.683. The Bertz CT molecular complexity index is 1630. The molecule has 0 spiro atoms. The molecule has 38 heavy (non-hydrogen) atoms. The zero-order valence-corrected chi connectivity index (χ0v) is 21.4. The van der Waals surface area contributed by atoms with E-state index in [1.54, 1.807) is 0 Å². The van der Waals surface area contributed by atoms with Crippen LogP contribution in [0.4, 0.5) is 5.69 Å². The summed E-state index contributed by atoms with van der Waals surface area (Å²) in [4.78, 5) is 28.1. The quantitative estimate of drug-likeness (QED) is 0.305. The second kappa shape index (κ2) is 10.5. The number of aromatic nitrogens is 3. The van der Waals surface area contributed by atoms with Crippen molar-refractivity contribution in [1.29, 1.82) is 0 Å². The molecule has 0 radical (unpaired) electrons. The summed E-state index contributed by atoms with van der Waals surface area (Å²) in [6, 6.07) is 31.3. The lowest BCUT2D eigenvalue weighted by atomic mass is 10.0. The normalized spacial score (nSPS) is 12.5. The van der Waals surface area contributed by atoms with Crippen molar-refractivity contribution in [3.05, 3.63) is 114 Å². The smallest absolute Gasteiger partial charge is 0.252 e. The number of rotatable bonds is 7. The van der Waals surface area contributed by atoms with E-state index in [1.165, 1.54) is 17.3 Å². The Hall–Kier alpha value is -4.43. The van der Waals surface area contributed by atoms with E-state index in [9.17, 15) is 9.59 Å². The molecule has 0 bridgehead atoms. The van der Waals surface area contributed by atoms with Crippen molar-refractivity contribution in [1.82, 2.24) is 20.1 Å². The number of benzene rings is 4. The van der Waals surface area contributed by atoms with Crippen molar-refractivity contribution in [3.8, 4) is 5.69 Å². The molecular weight excluding hydrogens is 494 g/mol. The van der Waals surface area contributed by atoms with Gasteiger partial charge in [0.2, 0.25) is 5.91 Å². The predicted molar refractivity (Wildman–Crippen MR) is 150 cm³/mol. The van der Waals surface area contributed by atoms with Gasteiger partial charge >= 0.3 is 0 Å². The first-order valence-corrected chi connectivity index (χ1v) is 13.4. The molecule has 1 N–H and O–H groups in total. The molecule has 6 rings (SSSR count). The molecule has 2 amide bonds. The maximum absolute atomic E-state index is 13.1. The van der Waals surface area contributed by atoms with Gasteiger partial charge in [-0.2, -0.15) is 0 Å². The number of para-hydroxylation sites is 2. The van der Waals surface area contributed by atoms with Crippen molar-refractivity contribution >= 4 is 40.0 Å². The molecule has 4 aromatic carbocycles. The van der Waals surface area contributed by atoms with Crippen LogP contribution < -0.4 is 10.2 Å². The zero-order chi connectivity index (χ0) is 25.9. The van der Waals surface area contributed by atoms with Gasteiger partial charge in [-0.05, 0) is 47.0 Å². The van der Waals surface area contributed by atoms with E-state index in [1.807, 2.05) is 100 Å². The van der Waals surface area contributed by atoms with Crippen LogP contribution >= 0.6 is 11.8 Å². The molecule has 0 saturated carbocycles. The minimum Gasteiger partial charge on any atom is -0.345 e. The summed E-state index contributed by atoms with van der Waals surface area (Å²) in [6.07, 6.45) is 0.868. The SMILES string of the molecule is O=C(NCc1nnc(SCC(=O)N2CCc3ccccc32)n1-c1ccccc1)c1cccc2ccccc12. The zero-order valence-electron chi connectivity index (χ0n) is 20.6. The predicted octanol–water partition coefficient (Wildman–Crippen LogP) is 5.03. The highest BCUT2D eigenvalue weighted by Crippen LogP contribution is 2.29. The number of nitrogens with one attached hydrogen (secondary N) is 1. The fourth-order valence-corrected chi connectivity index (χ4v) is 5.67. The topological polar surface area (TPSA) is 80.1 Å². The van der Waals surface area contributed by atoms with Crippen LogP contribution in [0.1, 0.15) is 21.7 Å². The molecule has 1 aromatic heterocycles. The molecule has 7 nitrogen and oxygen atoms in total. The second-order valence-electron chi connectivity index (χ2n) is 8.99. The molecule has 5 aromatic rings. The van der Waals surface area contributed by atoms with Crippen LogP contribution in [-0.2, 0) is 17.8 Å². The number of hydrogen-bond donors (Lipinski definition) is 1. The fourth-order valence-electron chi connectivity index (χ4n) is 4.82. The number of anilines is 1. The highest BCUT2D eigenvalue weighted by atomic mass is 32.2. The summed E-state index contributed by atoms with van der Waals surface area (Å²) >= 11 is 1.35. The van der Waals surface area contributed by atoms with Crippen LogP contribution in [0.25, 0.3) is 16.5 Å². The first kappa shape index (κ1) is 23.9. The van der Waals surface area contributed by atoms with Gasteiger partial charge < -0.3 is 10.2 Å². The van der Waals surface area contributed by atoms with Crippen molar-refractivity contribution < 1.29 is 9.59 Å². The highest BCUT2D eigenvalue weighted by Gasteiger charge is 2.25. The molecule has 0 saturated heterocycles. The number of hydrogen-bond acceptors (Lipinski definition) is 5. The standard InChI is InChI=1S/C30H25N5O2S/c36-28(34-18-17-22-10-5-7-16-26(22)34)20-38-30-33-32-27(35(30)23-12-2-1-3-13-23)19-31-29(37)25-15-8-11-21-9-4-6-14-24(21)25/h1-16H,17-20H2,(H,31,37). The minimum atomic E-state index is -0.179. The lowest BCUT2D eigenvalue weighted by Crippen LogP contribution is -2.30. The molecule has 0 aliphatic carbocycles. The summed E-state index contributed by atoms with van der Waals surface area (Å²) in [5, 5.41) is 14.3. The van der Waals surface area contributed by atoms with Crippen molar-refractivity contribution in [2.75, 3.05) is 17.2 Å². The number of thioether (sulfide) groups is 1. The van der Waals surface area contributed by atoms with Crippen molar-refractivity contribution in [2.24, 2.45) is 0 Å². The van der Waals surface area contributed by atoms with Gasteiger partial charge in [0.15, 0.2) is 11.0 Å². The first-order valence-electron chi connectivity index (χ1n) is 12.5. The van der Waals surface area contributed by atoms with Gasteiger partial charge in [-0.15, -0.1) is 10.2 Å². The number of fused-ring (bicyclic) bond motifs is 2. The number of nitrogens with zero attached hydrogens (tertiary/aromatic N) is 4. The van der Waals surface area contributed by atoms with Gasteiger partial charge in [0.05, 0.1) is 12.3 Å². The maximum atomic E-state index is 13.1. The summed E-state index contributed by atoms with van der Waals surface area (Å²) in [7, 11) is 0. The molecule has 0 unspecified atom stereocenters. The molecule has 0 fully saturated rings. The van der Waals surface area contributed by atoms with E-state index in [-0.39, 0.29) is 24.1 Å². The third kappa shape index (κ3) is 4.66. The lowest BCUT2D eigenvalue weighted by Gasteiger charge is -2.17. The number of carbonyl (C=O) groups excluding carboxylic acids is 2. The summed E-state index contributed by atoms with van der Waals surface area (Å²) in [6.45, 7) is 0.882.